The molecule has 0 heterocycles. The number of alkyl halides is 3. The highest BCUT2D eigenvalue weighted by molar-refractivity contribution is 9.09. The summed E-state index contributed by atoms with van der Waals surface area (Å²) in [6.45, 7) is 8.15. The Hall–Kier alpha value is 1.17. The Morgan fingerprint density at radius 1 is 1.05 bits per heavy atom. The third kappa shape index (κ3) is 2.24. The Kier molecular flexibility index (Phi) is 4.46. The molecule has 2 rings (SSSR count). The summed E-state index contributed by atoms with van der Waals surface area (Å²) in [4.78, 5) is -0.122. The molecule has 0 aromatic carbocycles. The Morgan fingerprint density at radius 3 is 2.15 bits per heavy atom. The van der Waals surface area contributed by atoms with E-state index in [0.29, 0.717) is 19.3 Å². The van der Waals surface area contributed by atoms with Crippen molar-refractivity contribution in [2.45, 2.75) is 79.6 Å². The lowest BCUT2D eigenvalue weighted by atomic mass is 9.45. The summed E-state index contributed by atoms with van der Waals surface area (Å²) in [6, 6.07) is 0. The van der Waals surface area contributed by atoms with Crippen LogP contribution < -0.4 is 0 Å². The van der Waals surface area contributed by atoms with Crippen LogP contribution in [0.4, 0.5) is 0 Å². The van der Waals surface area contributed by atoms with E-state index in [-0.39, 0.29) is 15.1 Å². The molecule has 2 saturated carbocycles. The minimum absolute atomic E-state index is 0.0728. The molecule has 118 valence electrons. The van der Waals surface area contributed by atoms with Gasteiger partial charge in [0.15, 0.2) is 0 Å². The summed E-state index contributed by atoms with van der Waals surface area (Å²) in [5, 5.41) is 22.1. The molecule has 0 aromatic heterocycles. The van der Waals surface area contributed by atoms with Gasteiger partial charge in [-0.15, -0.1) is 11.6 Å². The minimum atomic E-state index is -0.889. The summed E-state index contributed by atoms with van der Waals surface area (Å²) >= 11 is 14.0. The highest BCUT2D eigenvalue weighted by Gasteiger charge is 2.68. The summed E-state index contributed by atoms with van der Waals surface area (Å²) in [5.74, 6) is 0. The van der Waals surface area contributed by atoms with Crippen molar-refractivity contribution in [1.29, 1.82) is 0 Å². The molecule has 0 radical (unpaired) electrons. The average Bonchev–Trinajstić information content (AvgIpc) is 2.28. The van der Waals surface area contributed by atoms with Crippen molar-refractivity contribution in [2.75, 3.05) is 0 Å². The van der Waals surface area contributed by atoms with Crippen LogP contribution in [0.1, 0.15) is 53.4 Å². The second-order valence-electron chi connectivity index (χ2n) is 7.64. The van der Waals surface area contributed by atoms with Crippen LogP contribution in [-0.4, -0.2) is 36.4 Å². The Morgan fingerprint density at radius 2 is 1.60 bits per heavy atom. The van der Waals surface area contributed by atoms with Gasteiger partial charge in [0, 0.05) is 15.1 Å². The molecule has 2 fully saturated rings. The van der Waals surface area contributed by atoms with Gasteiger partial charge in [-0.3, -0.25) is 0 Å². The van der Waals surface area contributed by atoms with Gasteiger partial charge in [-0.2, -0.15) is 0 Å². The fraction of sp³-hybridized carbons (Fsp3) is 1.00. The van der Waals surface area contributed by atoms with Gasteiger partial charge >= 0.3 is 0 Å². The molecular weight excluding hydrogens is 407 g/mol. The first-order valence-electron chi connectivity index (χ1n) is 7.26. The Balaban J connectivity index is 2.53. The first-order chi connectivity index (χ1) is 8.88. The van der Waals surface area contributed by atoms with Gasteiger partial charge in [0.05, 0.1) is 16.6 Å². The van der Waals surface area contributed by atoms with E-state index in [1.54, 1.807) is 0 Å². The van der Waals surface area contributed by atoms with Crippen molar-refractivity contribution in [2.24, 2.45) is 10.8 Å². The second kappa shape index (κ2) is 5.09. The van der Waals surface area contributed by atoms with Crippen LogP contribution in [-0.2, 0) is 0 Å². The standard InChI is InChI=1S/C15H25Br2ClO2/c1-12(2)9(16)5-6-14(4,20)15(12)7-10(17)13(3,18)8-11(15)19/h9-11,19-20H,5-8H2,1-4H3. The quantitative estimate of drug-likeness (QED) is 0.563. The Bertz CT molecular complexity index is 397. The van der Waals surface area contributed by atoms with E-state index in [0.717, 1.165) is 6.42 Å². The van der Waals surface area contributed by atoms with Gasteiger partial charge in [-0.25, -0.2) is 0 Å². The summed E-state index contributed by atoms with van der Waals surface area (Å²) in [6.07, 6.45) is 2.17. The molecule has 0 amide bonds. The monoisotopic (exact) mass is 430 g/mol. The fourth-order valence-electron chi connectivity index (χ4n) is 4.55. The third-order valence-electron chi connectivity index (χ3n) is 6.09. The van der Waals surface area contributed by atoms with Crippen molar-refractivity contribution >= 4 is 43.5 Å². The van der Waals surface area contributed by atoms with Gasteiger partial charge in [-0.05, 0) is 44.9 Å². The third-order valence-corrected chi connectivity index (χ3v) is 9.71. The lowest BCUT2D eigenvalue weighted by Crippen LogP contribution is -2.70. The highest BCUT2D eigenvalue weighted by atomic mass is 79.9. The van der Waals surface area contributed by atoms with Gasteiger partial charge in [0.25, 0.3) is 0 Å². The van der Waals surface area contributed by atoms with Crippen LogP contribution in [0.15, 0.2) is 0 Å². The van der Waals surface area contributed by atoms with E-state index in [1.807, 2.05) is 13.8 Å². The number of aliphatic hydroxyl groups excluding tert-OH is 1. The molecule has 0 bridgehead atoms. The lowest BCUT2D eigenvalue weighted by Gasteiger charge is -2.66. The zero-order chi connectivity index (χ0) is 15.6. The predicted octanol–water partition coefficient (Wildman–Crippen LogP) is 4.22. The maximum Gasteiger partial charge on any atom is 0.0706 e. The topological polar surface area (TPSA) is 40.5 Å². The zero-order valence-electron chi connectivity index (χ0n) is 12.6. The van der Waals surface area contributed by atoms with Gasteiger partial charge < -0.3 is 10.2 Å². The predicted molar refractivity (Wildman–Crippen MR) is 91.0 cm³/mol. The molecular formula is C15H25Br2ClO2. The molecule has 1 spiro atoms. The molecule has 5 heteroatoms. The van der Waals surface area contributed by atoms with Crippen LogP contribution in [0.5, 0.6) is 0 Å². The van der Waals surface area contributed by atoms with Crippen molar-refractivity contribution in [1.82, 2.24) is 0 Å². The van der Waals surface area contributed by atoms with Crippen LogP contribution in [0.2, 0.25) is 0 Å². The molecule has 6 unspecified atom stereocenters. The average molecular weight is 433 g/mol. The van der Waals surface area contributed by atoms with Crippen molar-refractivity contribution in [3.63, 3.8) is 0 Å². The molecule has 2 N–H and O–H groups in total. The second-order valence-corrected chi connectivity index (χ2v) is 10.7. The minimum Gasteiger partial charge on any atom is -0.392 e. The van der Waals surface area contributed by atoms with Crippen LogP contribution in [0, 0.1) is 10.8 Å². The molecule has 2 aliphatic carbocycles. The molecule has 20 heavy (non-hydrogen) atoms. The molecule has 2 aliphatic rings. The maximum absolute atomic E-state index is 11.1. The largest absolute Gasteiger partial charge is 0.392 e. The number of aliphatic hydroxyl groups is 2. The Labute approximate surface area is 143 Å². The van der Waals surface area contributed by atoms with Crippen LogP contribution in [0.25, 0.3) is 0 Å². The zero-order valence-corrected chi connectivity index (χ0v) is 16.5. The van der Waals surface area contributed by atoms with Crippen molar-refractivity contribution < 1.29 is 10.2 Å². The summed E-state index contributed by atoms with van der Waals surface area (Å²) in [7, 11) is 0. The van der Waals surface area contributed by atoms with Crippen molar-refractivity contribution in [3.05, 3.63) is 0 Å². The SMILES string of the molecule is CC1(Cl)CC(O)C2(CC1Br)C(C)(O)CCC(Br)C2(C)C. The van der Waals surface area contributed by atoms with E-state index in [1.165, 1.54) is 0 Å². The van der Waals surface area contributed by atoms with E-state index in [2.05, 4.69) is 45.7 Å². The molecule has 0 aliphatic heterocycles. The molecule has 6 atom stereocenters. The molecule has 0 aromatic rings. The van der Waals surface area contributed by atoms with E-state index >= 15 is 0 Å². The molecule has 0 saturated heterocycles. The fourth-order valence-corrected chi connectivity index (χ4v) is 6.11. The normalized spacial score (nSPS) is 56.0. The van der Waals surface area contributed by atoms with Gasteiger partial charge in [-0.1, -0.05) is 45.7 Å². The number of hydrogen-bond donors (Lipinski definition) is 2. The highest BCUT2D eigenvalue weighted by Crippen LogP contribution is 2.65. The number of hydrogen-bond acceptors (Lipinski definition) is 2. The number of halogens is 3. The maximum atomic E-state index is 11.1. The summed E-state index contributed by atoms with van der Waals surface area (Å²) < 4.78 is 0. The van der Waals surface area contributed by atoms with E-state index in [4.69, 9.17) is 11.6 Å². The van der Waals surface area contributed by atoms with E-state index < -0.39 is 22.0 Å². The van der Waals surface area contributed by atoms with Crippen LogP contribution in [0.3, 0.4) is 0 Å². The lowest BCUT2D eigenvalue weighted by molar-refractivity contribution is -0.229. The van der Waals surface area contributed by atoms with E-state index in [9.17, 15) is 10.2 Å². The number of rotatable bonds is 0. The first-order valence-corrected chi connectivity index (χ1v) is 9.47. The van der Waals surface area contributed by atoms with Gasteiger partial charge in [0.1, 0.15) is 0 Å². The van der Waals surface area contributed by atoms with Crippen molar-refractivity contribution in [3.8, 4) is 0 Å². The first kappa shape index (κ1) is 17.5. The smallest absolute Gasteiger partial charge is 0.0706 e. The summed E-state index contributed by atoms with van der Waals surface area (Å²) in [5.41, 5.74) is -1.66. The van der Waals surface area contributed by atoms with Gasteiger partial charge in [0.2, 0.25) is 0 Å². The molecule has 2 nitrogen and oxygen atoms in total. The van der Waals surface area contributed by atoms with Crippen LogP contribution >= 0.6 is 43.5 Å².